The van der Waals surface area contributed by atoms with Crippen LogP contribution in [0.1, 0.15) is 0 Å². The number of benzene rings is 1. The minimum Gasteiger partial charge on any atom is -0.368 e. The van der Waals surface area contributed by atoms with Crippen LogP contribution in [0.2, 0.25) is 0 Å². The Kier molecular flexibility index (Phi) is 4.43. The fourth-order valence-electron chi connectivity index (χ4n) is 1.99. The maximum atomic E-state index is 13.5. The van der Waals surface area contributed by atoms with Gasteiger partial charge in [-0.25, -0.2) is 12.8 Å². The molecule has 0 radical (unpaired) electrons. The molecule has 9 heteroatoms. The topological polar surface area (TPSA) is 92.5 Å². The van der Waals surface area contributed by atoms with Crippen LogP contribution in [0.5, 0.6) is 0 Å². The summed E-state index contributed by atoms with van der Waals surface area (Å²) in [4.78, 5) is 11.2. The van der Waals surface area contributed by atoms with E-state index in [0.717, 1.165) is 10.4 Å². The van der Waals surface area contributed by atoms with Gasteiger partial charge in [0.15, 0.2) is 0 Å². The molecule has 1 aliphatic rings. The van der Waals surface area contributed by atoms with Gasteiger partial charge in [-0.05, 0) is 34.1 Å². The Hall–Kier alpha value is -1.03. The summed E-state index contributed by atoms with van der Waals surface area (Å²) >= 11 is 2.96. The Morgan fingerprint density at radius 3 is 2.80 bits per heavy atom. The van der Waals surface area contributed by atoms with Gasteiger partial charge in [-0.3, -0.25) is 4.79 Å². The number of carbonyl (C=O) groups is 1. The van der Waals surface area contributed by atoms with Gasteiger partial charge in [0.1, 0.15) is 11.9 Å². The van der Waals surface area contributed by atoms with E-state index < -0.39 is 27.8 Å². The van der Waals surface area contributed by atoms with Crippen LogP contribution in [0, 0.1) is 5.82 Å². The fourth-order valence-corrected chi connectivity index (χ4v) is 3.84. The van der Waals surface area contributed by atoms with E-state index in [1.807, 2.05) is 0 Å². The molecule has 1 atom stereocenters. The minimum atomic E-state index is -3.96. The van der Waals surface area contributed by atoms with E-state index in [1.54, 1.807) is 0 Å². The third-order valence-corrected chi connectivity index (χ3v) is 5.57. The van der Waals surface area contributed by atoms with Gasteiger partial charge >= 0.3 is 0 Å². The monoisotopic (exact) mass is 365 g/mol. The van der Waals surface area contributed by atoms with Crippen LogP contribution in [-0.4, -0.2) is 44.3 Å². The molecule has 1 aliphatic heterocycles. The molecule has 3 N–H and O–H groups in total. The van der Waals surface area contributed by atoms with E-state index in [1.165, 1.54) is 12.1 Å². The lowest BCUT2D eigenvalue weighted by atomic mass is 10.2. The second-order valence-electron chi connectivity index (χ2n) is 4.31. The molecule has 0 bridgehead atoms. The number of nitrogens with zero attached hydrogens (tertiary/aromatic N) is 1. The summed E-state index contributed by atoms with van der Waals surface area (Å²) in [6, 6.07) is 2.53. The first-order valence-electron chi connectivity index (χ1n) is 5.81. The first-order valence-corrected chi connectivity index (χ1v) is 8.04. The lowest BCUT2D eigenvalue weighted by Gasteiger charge is -2.33. The summed E-state index contributed by atoms with van der Waals surface area (Å²) in [5.74, 6) is -1.42. The summed E-state index contributed by atoms with van der Waals surface area (Å²) in [6.07, 6.45) is 0. The number of nitrogens with two attached hydrogens (primary N) is 1. The van der Waals surface area contributed by atoms with E-state index in [9.17, 15) is 17.6 Å². The molecular weight excluding hydrogens is 353 g/mol. The number of amides is 1. The third-order valence-electron chi connectivity index (χ3n) is 3.02. The second-order valence-corrected chi connectivity index (χ2v) is 7.06. The van der Waals surface area contributed by atoms with Crippen molar-refractivity contribution in [1.29, 1.82) is 0 Å². The predicted molar refractivity (Wildman–Crippen MR) is 73.8 cm³/mol. The highest BCUT2D eigenvalue weighted by Gasteiger charge is 2.36. The third kappa shape index (κ3) is 2.85. The van der Waals surface area contributed by atoms with Crippen molar-refractivity contribution in [1.82, 2.24) is 9.62 Å². The largest absolute Gasteiger partial charge is 0.368 e. The van der Waals surface area contributed by atoms with Crippen LogP contribution in [0.25, 0.3) is 0 Å². The molecule has 0 saturated carbocycles. The smallest absolute Gasteiger partial charge is 0.243 e. The highest BCUT2D eigenvalue weighted by Crippen LogP contribution is 2.23. The first-order chi connectivity index (χ1) is 9.34. The van der Waals surface area contributed by atoms with E-state index in [4.69, 9.17) is 5.73 Å². The Balaban J connectivity index is 2.42. The van der Waals surface area contributed by atoms with Gasteiger partial charge in [-0.15, -0.1) is 0 Å². The zero-order chi connectivity index (χ0) is 14.9. The molecule has 2 rings (SSSR count). The van der Waals surface area contributed by atoms with Gasteiger partial charge in [-0.1, -0.05) is 0 Å². The molecule has 6 nitrogen and oxygen atoms in total. The molecule has 0 spiro atoms. The number of rotatable bonds is 3. The Bertz CT molecular complexity index is 638. The molecule has 1 aromatic carbocycles. The van der Waals surface area contributed by atoms with Crippen LogP contribution in [-0.2, 0) is 14.8 Å². The molecule has 0 aliphatic carbocycles. The maximum Gasteiger partial charge on any atom is 0.243 e. The van der Waals surface area contributed by atoms with Crippen molar-refractivity contribution >= 4 is 31.9 Å². The average Bonchev–Trinajstić information content (AvgIpc) is 2.41. The second kappa shape index (κ2) is 5.76. The van der Waals surface area contributed by atoms with Gasteiger partial charge < -0.3 is 11.1 Å². The van der Waals surface area contributed by atoms with E-state index in [-0.39, 0.29) is 22.5 Å². The summed E-state index contributed by atoms with van der Waals surface area (Å²) in [7, 11) is -3.96. The van der Waals surface area contributed by atoms with Crippen molar-refractivity contribution in [2.75, 3.05) is 19.6 Å². The van der Waals surface area contributed by atoms with E-state index in [0.29, 0.717) is 6.54 Å². The Morgan fingerprint density at radius 1 is 1.50 bits per heavy atom. The quantitative estimate of drug-likeness (QED) is 0.790. The van der Waals surface area contributed by atoms with Gasteiger partial charge in [0, 0.05) is 19.6 Å². The standard InChI is InChI=1S/C11H13BrFN3O3S/c12-8-2-1-7(5-9(8)13)20(18,19)16-4-3-15-6-10(16)11(14)17/h1-2,5,10,15H,3-4,6H2,(H2,14,17). The van der Waals surface area contributed by atoms with Crippen molar-refractivity contribution in [3.8, 4) is 0 Å². The molecule has 1 fully saturated rings. The zero-order valence-electron chi connectivity index (χ0n) is 10.3. The molecule has 1 amide bonds. The summed E-state index contributed by atoms with van der Waals surface area (Å²) in [5, 5.41) is 2.90. The number of carbonyl (C=O) groups excluding carboxylic acids is 1. The zero-order valence-corrected chi connectivity index (χ0v) is 12.7. The highest BCUT2D eigenvalue weighted by atomic mass is 79.9. The molecule has 0 aromatic heterocycles. The van der Waals surface area contributed by atoms with Crippen molar-refractivity contribution in [3.05, 3.63) is 28.5 Å². The van der Waals surface area contributed by atoms with Gasteiger partial charge in [0.25, 0.3) is 0 Å². The summed E-state index contributed by atoms with van der Waals surface area (Å²) < 4.78 is 39.6. The van der Waals surface area contributed by atoms with Crippen molar-refractivity contribution in [3.63, 3.8) is 0 Å². The normalized spacial score (nSPS) is 20.8. The summed E-state index contributed by atoms with van der Waals surface area (Å²) in [5.41, 5.74) is 5.22. The number of nitrogens with one attached hydrogen (secondary N) is 1. The number of primary amides is 1. The minimum absolute atomic E-state index is 0.105. The van der Waals surface area contributed by atoms with Crippen LogP contribution < -0.4 is 11.1 Å². The molecule has 1 unspecified atom stereocenters. The van der Waals surface area contributed by atoms with Gasteiger partial charge in [-0.2, -0.15) is 4.31 Å². The summed E-state index contributed by atoms with van der Waals surface area (Å²) in [6.45, 7) is 0.656. The molecule has 1 saturated heterocycles. The van der Waals surface area contributed by atoms with Gasteiger partial charge in [0.2, 0.25) is 15.9 Å². The number of sulfonamides is 1. The van der Waals surface area contributed by atoms with Crippen LogP contribution >= 0.6 is 15.9 Å². The van der Waals surface area contributed by atoms with Crippen molar-refractivity contribution < 1.29 is 17.6 Å². The maximum absolute atomic E-state index is 13.5. The number of hydrogen-bond acceptors (Lipinski definition) is 4. The van der Waals surface area contributed by atoms with E-state index >= 15 is 0 Å². The van der Waals surface area contributed by atoms with Crippen LogP contribution in [0.15, 0.2) is 27.6 Å². The molecule has 1 aromatic rings. The van der Waals surface area contributed by atoms with Crippen LogP contribution in [0.3, 0.4) is 0 Å². The van der Waals surface area contributed by atoms with Crippen molar-refractivity contribution in [2.24, 2.45) is 5.73 Å². The van der Waals surface area contributed by atoms with Crippen molar-refractivity contribution in [2.45, 2.75) is 10.9 Å². The van der Waals surface area contributed by atoms with E-state index in [2.05, 4.69) is 21.2 Å². The highest BCUT2D eigenvalue weighted by molar-refractivity contribution is 9.10. The average molecular weight is 366 g/mol. The predicted octanol–water partition coefficient (Wildman–Crippen LogP) is 0.0360. The molecule has 1 heterocycles. The van der Waals surface area contributed by atoms with Crippen LogP contribution in [0.4, 0.5) is 4.39 Å². The molecular formula is C11H13BrFN3O3S. The number of piperazine rings is 1. The Labute approximate surface area is 124 Å². The van der Waals surface area contributed by atoms with Gasteiger partial charge in [0.05, 0.1) is 9.37 Å². The number of hydrogen-bond donors (Lipinski definition) is 2. The lowest BCUT2D eigenvalue weighted by Crippen LogP contribution is -2.58. The molecule has 110 valence electrons. The molecule has 20 heavy (non-hydrogen) atoms. The SMILES string of the molecule is NC(=O)C1CNCCN1S(=O)(=O)c1ccc(Br)c(F)c1. The lowest BCUT2D eigenvalue weighted by molar-refractivity contribution is -0.122. The Morgan fingerprint density at radius 2 is 2.20 bits per heavy atom. The first kappa shape index (κ1) is 15.4. The number of halogens is 2. The fraction of sp³-hybridized carbons (Fsp3) is 0.364.